The zero-order valence-electron chi connectivity index (χ0n) is 14.7. The van der Waals surface area contributed by atoms with E-state index < -0.39 is 27.8 Å². The molecule has 152 valence electrons. The molecule has 28 heavy (non-hydrogen) atoms. The first-order valence-corrected chi connectivity index (χ1v) is 10.1. The summed E-state index contributed by atoms with van der Waals surface area (Å²) in [5.41, 5.74) is -0.833. The van der Waals surface area contributed by atoms with Crippen molar-refractivity contribution >= 4 is 27.4 Å². The van der Waals surface area contributed by atoms with Crippen molar-refractivity contribution < 1.29 is 26.3 Å². The summed E-state index contributed by atoms with van der Waals surface area (Å²) in [5, 5.41) is 0.253. The number of rotatable bonds is 5. The van der Waals surface area contributed by atoms with Gasteiger partial charge in [0.05, 0.1) is 12.7 Å². The number of anilines is 1. The van der Waals surface area contributed by atoms with Gasteiger partial charge < -0.3 is 9.64 Å². The Hall–Kier alpha value is -2.04. The van der Waals surface area contributed by atoms with Gasteiger partial charge >= 0.3 is 6.18 Å². The maximum atomic E-state index is 12.7. The molecule has 0 saturated carbocycles. The number of ether oxygens (including phenoxy) is 1. The van der Waals surface area contributed by atoms with Crippen molar-refractivity contribution in [2.24, 2.45) is 0 Å². The fourth-order valence-corrected chi connectivity index (χ4v) is 4.64. The van der Waals surface area contributed by atoms with E-state index in [1.165, 1.54) is 31.4 Å². The molecule has 3 rings (SSSR count). The molecule has 1 N–H and O–H groups in total. The second kappa shape index (κ2) is 7.76. The van der Waals surface area contributed by atoms with Crippen LogP contribution in [-0.2, 0) is 16.2 Å². The van der Waals surface area contributed by atoms with E-state index in [0.717, 1.165) is 12.3 Å². The van der Waals surface area contributed by atoms with Gasteiger partial charge in [-0.1, -0.05) is 11.6 Å². The molecule has 2 aromatic rings. The number of nitrogens with zero attached hydrogens (tertiary/aromatic N) is 2. The van der Waals surface area contributed by atoms with Crippen LogP contribution >= 0.6 is 11.6 Å². The van der Waals surface area contributed by atoms with Gasteiger partial charge in [-0.3, -0.25) is 0 Å². The second-order valence-corrected chi connectivity index (χ2v) is 8.37. The average Bonchev–Trinajstić information content (AvgIpc) is 3.09. The van der Waals surface area contributed by atoms with Gasteiger partial charge in [-0.2, -0.15) is 13.2 Å². The third-order valence-electron chi connectivity index (χ3n) is 4.32. The van der Waals surface area contributed by atoms with E-state index in [2.05, 4.69) is 9.71 Å². The normalized spacial score (nSPS) is 17.8. The molecule has 0 bridgehead atoms. The number of methoxy groups -OCH3 is 1. The van der Waals surface area contributed by atoms with E-state index in [-0.39, 0.29) is 22.2 Å². The Labute approximate surface area is 165 Å². The van der Waals surface area contributed by atoms with Crippen molar-refractivity contribution in [2.75, 3.05) is 25.1 Å². The highest BCUT2D eigenvalue weighted by Gasteiger charge is 2.32. The van der Waals surface area contributed by atoms with E-state index in [9.17, 15) is 21.6 Å². The van der Waals surface area contributed by atoms with Crippen LogP contribution in [0.5, 0.6) is 5.75 Å². The summed E-state index contributed by atoms with van der Waals surface area (Å²) >= 11 is 5.90. The van der Waals surface area contributed by atoms with Crippen molar-refractivity contribution in [1.82, 2.24) is 9.71 Å². The van der Waals surface area contributed by atoms with Gasteiger partial charge in [-0.15, -0.1) is 0 Å². The number of hydrogen-bond acceptors (Lipinski definition) is 5. The lowest BCUT2D eigenvalue weighted by atomic mass is 10.3. The minimum atomic E-state index is -4.45. The van der Waals surface area contributed by atoms with Crippen LogP contribution in [0.15, 0.2) is 41.4 Å². The molecule has 2 heterocycles. The lowest BCUT2D eigenvalue weighted by molar-refractivity contribution is -0.137. The fraction of sp³-hybridized carbons (Fsp3) is 0.353. The molecule has 0 radical (unpaired) electrons. The van der Waals surface area contributed by atoms with Crippen molar-refractivity contribution in [1.29, 1.82) is 0 Å². The summed E-state index contributed by atoms with van der Waals surface area (Å²) in [7, 11) is -2.54. The monoisotopic (exact) mass is 435 g/mol. The number of hydrogen-bond donors (Lipinski definition) is 1. The Kier molecular flexibility index (Phi) is 5.74. The molecule has 1 aliphatic rings. The Bertz CT molecular complexity index is 952. The Morgan fingerprint density at radius 2 is 2.04 bits per heavy atom. The third kappa shape index (κ3) is 4.50. The van der Waals surface area contributed by atoms with Crippen molar-refractivity contribution in [2.45, 2.75) is 23.5 Å². The molecular formula is C17H17ClF3N3O3S. The largest absolute Gasteiger partial charge is 0.495 e. The molecule has 1 aliphatic heterocycles. The lowest BCUT2D eigenvalue weighted by Gasteiger charge is -2.19. The number of pyridine rings is 1. The highest BCUT2D eigenvalue weighted by atomic mass is 35.5. The zero-order valence-corrected chi connectivity index (χ0v) is 16.3. The highest BCUT2D eigenvalue weighted by molar-refractivity contribution is 7.89. The predicted octanol–water partition coefficient (Wildman–Crippen LogP) is 3.32. The maximum absolute atomic E-state index is 12.7. The minimum Gasteiger partial charge on any atom is -0.495 e. The van der Waals surface area contributed by atoms with Crippen molar-refractivity contribution in [3.05, 3.63) is 47.1 Å². The summed E-state index contributed by atoms with van der Waals surface area (Å²) in [4.78, 5) is 5.50. The van der Waals surface area contributed by atoms with E-state index >= 15 is 0 Å². The zero-order chi connectivity index (χ0) is 20.5. The van der Waals surface area contributed by atoms with Crippen LogP contribution in [0.4, 0.5) is 19.0 Å². The van der Waals surface area contributed by atoms with Crippen LogP contribution in [-0.4, -0.2) is 39.6 Å². The van der Waals surface area contributed by atoms with Gasteiger partial charge in [0.2, 0.25) is 10.0 Å². The molecule has 1 fully saturated rings. The number of alkyl halides is 3. The Balaban J connectivity index is 1.71. The smallest absolute Gasteiger partial charge is 0.417 e. The first kappa shape index (κ1) is 20.7. The number of nitrogens with one attached hydrogen (secondary N) is 1. The third-order valence-corrected chi connectivity index (χ3v) is 6.10. The van der Waals surface area contributed by atoms with Crippen molar-refractivity contribution in [3.63, 3.8) is 0 Å². The van der Waals surface area contributed by atoms with Crippen LogP contribution in [0.25, 0.3) is 0 Å². The van der Waals surface area contributed by atoms with Crippen LogP contribution in [0, 0.1) is 0 Å². The summed E-state index contributed by atoms with van der Waals surface area (Å²) in [6.07, 6.45) is -3.21. The second-order valence-electron chi connectivity index (χ2n) is 6.25. The fourth-order valence-electron chi connectivity index (χ4n) is 2.95. The standard InChI is InChI=1S/C17H17ClF3N3O3S/c1-27-14-4-3-12(18)8-15(14)28(25,26)23-13-6-7-24(10-13)16-5-2-11(9-22-16)17(19,20)21/h2-5,8-9,13,23H,6-7,10H2,1H3/t13-/m1/s1. The highest BCUT2D eigenvalue weighted by Crippen LogP contribution is 2.31. The molecule has 6 nitrogen and oxygen atoms in total. The number of aromatic nitrogens is 1. The molecular weight excluding hydrogens is 419 g/mol. The molecule has 11 heteroatoms. The number of halogens is 4. The summed E-state index contributed by atoms with van der Waals surface area (Å²) < 4.78 is 71.0. The number of benzene rings is 1. The van der Waals surface area contributed by atoms with Crippen LogP contribution in [0.3, 0.4) is 0 Å². The Morgan fingerprint density at radius 1 is 1.29 bits per heavy atom. The first-order chi connectivity index (χ1) is 13.1. The number of sulfonamides is 1. The summed E-state index contributed by atoms with van der Waals surface area (Å²) in [5.74, 6) is 0.520. The molecule has 0 amide bonds. The van der Waals surface area contributed by atoms with Gasteiger partial charge in [0, 0.05) is 30.4 Å². The average molecular weight is 436 g/mol. The molecule has 1 saturated heterocycles. The Morgan fingerprint density at radius 3 is 2.64 bits per heavy atom. The van der Waals surface area contributed by atoms with Crippen LogP contribution in [0.1, 0.15) is 12.0 Å². The van der Waals surface area contributed by atoms with Crippen LogP contribution < -0.4 is 14.4 Å². The van der Waals surface area contributed by atoms with Gasteiger partial charge in [-0.05, 0) is 36.8 Å². The van der Waals surface area contributed by atoms with E-state index in [0.29, 0.717) is 18.8 Å². The van der Waals surface area contributed by atoms with E-state index in [1.54, 1.807) is 4.90 Å². The van der Waals surface area contributed by atoms with Gasteiger partial charge in [0.15, 0.2) is 0 Å². The van der Waals surface area contributed by atoms with Gasteiger partial charge in [0.1, 0.15) is 16.5 Å². The van der Waals surface area contributed by atoms with E-state index in [4.69, 9.17) is 16.3 Å². The van der Waals surface area contributed by atoms with Crippen LogP contribution in [0.2, 0.25) is 5.02 Å². The first-order valence-electron chi connectivity index (χ1n) is 8.24. The molecule has 0 aliphatic carbocycles. The lowest BCUT2D eigenvalue weighted by Crippen LogP contribution is -2.37. The predicted molar refractivity (Wildman–Crippen MR) is 98.2 cm³/mol. The molecule has 1 aromatic heterocycles. The molecule has 1 aromatic carbocycles. The molecule has 1 atom stereocenters. The quantitative estimate of drug-likeness (QED) is 0.780. The minimum absolute atomic E-state index is 0.0754. The molecule has 0 spiro atoms. The van der Waals surface area contributed by atoms with Crippen molar-refractivity contribution in [3.8, 4) is 5.75 Å². The van der Waals surface area contributed by atoms with Gasteiger partial charge in [0.25, 0.3) is 0 Å². The molecule has 0 unspecified atom stereocenters. The summed E-state index contributed by atoms with van der Waals surface area (Å²) in [6.45, 7) is 0.735. The maximum Gasteiger partial charge on any atom is 0.417 e. The SMILES string of the molecule is COc1ccc(Cl)cc1S(=O)(=O)N[C@@H]1CCN(c2ccc(C(F)(F)F)cn2)C1. The van der Waals surface area contributed by atoms with Gasteiger partial charge in [-0.25, -0.2) is 18.1 Å². The summed E-state index contributed by atoms with van der Waals surface area (Å²) in [6, 6.07) is 6.08. The topological polar surface area (TPSA) is 71.5 Å². The van der Waals surface area contributed by atoms with E-state index in [1.807, 2.05) is 0 Å².